The maximum absolute atomic E-state index is 12.1. The minimum atomic E-state index is -0.869. The van der Waals surface area contributed by atoms with Crippen molar-refractivity contribution in [1.29, 1.82) is 0 Å². The molecule has 1 unspecified atom stereocenters. The van der Waals surface area contributed by atoms with E-state index in [2.05, 4.69) is 10.6 Å². The van der Waals surface area contributed by atoms with Crippen LogP contribution in [0.5, 0.6) is 0 Å². The van der Waals surface area contributed by atoms with Crippen molar-refractivity contribution in [3.05, 3.63) is 33.9 Å². The quantitative estimate of drug-likeness (QED) is 0.387. The number of hydrogen-bond donors (Lipinski definition) is 3. The number of nitro groups is 1. The number of nitrogens with one attached hydrogen (secondary N) is 2. The number of rotatable bonds is 7. The van der Waals surface area contributed by atoms with E-state index in [4.69, 9.17) is 5.11 Å². The number of benzene rings is 1. The number of carboxylic acids is 1. The van der Waals surface area contributed by atoms with Crippen LogP contribution in [0.4, 0.5) is 16.2 Å². The maximum atomic E-state index is 12.1. The van der Waals surface area contributed by atoms with Crippen molar-refractivity contribution in [2.24, 2.45) is 5.92 Å². The van der Waals surface area contributed by atoms with Crippen LogP contribution in [0, 0.1) is 23.0 Å². The first kappa shape index (κ1) is 19.5. The second-order valence-corrected chi connectivity index (χ2v) is 6.41. The summed E-state index contributed by atoms with van der Waals surface area (Å²) in [5, 5.41) is 25.9. The summed E-state index contributed by atoms with van der Waals surface area (Å²) in [4.78, 5) is 35.3. The zero-order valence-electron chi connectivity index (χ0n) is 14.7. The van der Waals surface area contributed by atoms with Gasteiger partial charge in [-0.3, -0.25) is 14.9 Å². The van der Waals surface area contributed by atoms with Gasteiger partial charge in [-0.15, -0.1) is 0 Å². The number of aryl methyl sites for hydroxylation is 1. The molecule has 1 aromatic rings. The van der Waals surface area contributed by atoms with E-state index in [-0.39, 0.29) is 18.3 Å². The number of nitrogens with zero attached hydrogens (tertiary/aromatic N) is 2. The zero-order chi connectivity index (χ0) is 19.1. The summed E-state index contributed by atoms with van der Waals surface area (Å²) in [7, 11) is 0. The summed E-state index contributed by atoms with van der Waals surface area (Å²) in [6.07, 6.45) is 1.87. The lowest BCUT2D eigenvalue weighted by molar-refractivity contribution is -0.384. The van der Waals surface area contributed by atoms with Gasteiger partial charge in [-0.25, -0.2) is 4.79 Å². The lowest BCUT2D eigenvalue weighted by atomic mass is 9.99. The van der Waals surface area contributed by atoms with E-state index < -0.39 is 16.8 Å². The zero-order valence-corrected chi connectivity index (χ0v) is 14.7. The van der Waals surface area contributed by atoms with Gasteiger partial charge in [0.1, 0.15) is 5.69 Å². The number of anilines is 1. The van der Waals surface area contributed by atoms with Crippen molar-refractivity contribution >= 4 is 23.4 Å². The molecule has 1 aromatic carbocycles. The molecule has 1 heterocycles. The minimum Gasteiger partial charge on any atom is -0.481 e. The maximum Gasteiger partial charge on any atom is 0.317 e. The fraction of sp³-hybridized carbons (Fsp3) is 0.529. The second kappa shape index (κ2) is 9.02. The highest BCUT2D eigenvalue weighted by atomic mass is 16.6. The number of carbonyl (C=O) groups is 2. The predicted octanol–water partition coefficient (Wildman–Crippen LogP) is 2.21. The highest BCUT2D eigenvalue weighted by Gasteiger charge is 2.27. The molecular weight excluding hydrogens is 340 g/mol. The van der Waals surface area contributed by atoms with Gasteiger partial charge in [0.15, 0.2) is 0 Å². The van der Waals surface area contributed by atoms with Gasteiger partial charge in [-0.05, 0) is 37.8 Å². The number of aliphatic carboxylic acids is 1. The normalized spacial score (nSPS) is 16.8. The monoisotopic (exact) mass is 364 g/mol. The first-order valence-corrected chi connectivity index (χ1v) is 8.63. The molecule has 0 aromatic heterocycles. The smallest absolute Gasteiger partial charge is 0.317 e. The third kappa shape index (κ3) is 5.33. The summed E-state index contributed by atoms with van der Waals surface area (Å²) >= 11 is 0. The van der Waals surface area contributed by atoms with E-state index >= 15 is 0 Å². The van der Waals surface area contributed by atoms with Crippen molar-refractivity contribution in [3.63, 3.8) is 0 Å². The molecule has 0 aliphatic carbocycles. The summed E-state index contributed by atoms with van der Waals surface area (Å²) in [6.45, 7) is 3.46. The molecule has 0 radical (unpaired) electrons. The minimum absolute atomic E-state index is 0.0297. The van der Waals surface area contributed by atoms with Crippen LogP contribution in [0.25, 0.3) is 0 Å². The van der Waals surface area contributed by atoms with Crippen molar-refractivity contribution in [2.75, 3.05) is 31.5 Å². The summed E-state index contributed by atoms with van der Waals surface area (Å²) in [5.74, 6) is -1.37. The number of likely N-dealkylation sites (tertiary alicyclic amines) is 1. The van der Waals surface area contributed by atoms with Crippen molar-refractivity contribution < 1.29 is 19.6 Å². The number of carboxylic acid groups (broad SMARTS) is 1. The van der Waals surface area contributed by atoms with E-state index in [0.717, 1.165) is 5.56 Å². The molecule has 1 fully saturated rings. The van der Waals surface area contributed by atoms with E-state index in [9.17, 15) is 19.7 Å². The van der Waals surface area contributed by atoms with Crippen LogP contribution in [-0.4, -0.2) is 53.1 Å². The number of carbonyl (C=O) groups excluding carboxylic acids is 1. The fourth-order valence-corrected chi connectivity index (χ4v) is 2.92. The molecule has 0 bridgehead atoms. The molecule has 0 saturated carbocycles. The van der Waals surface area contributed by atoms with E-state index in [0.29, 0.717) is 44.6 Å². The molecule has 1 aliphatic rings. The number of hydrogen-bond acceptors (Lipinski definition) is 5. The fourth-order valence-electron chi connectivity index (χ4n) is 2.92. The molecule has 2 rings (SSSR count). The molecular formula is C17H24N4O5. The van der Waals surface area contributed by atoms with Gasteiger partial charge in [0.2, 0.25) is 0 Å². The van der Waals surface area contributed by atoms with Crippen LogP contribution in [0.1, 0.15) is 24.8 Å². The Morgan fingerprint density at radius 1 is 1.38 bits per heavy atom. The summed E-state index contributed by atoms with van der Waals surface area (Å²) in [5.41, 5.74) is 1.30. The Hall–Kier alpha value is -2.84. The van der Waals surface area contributed by atoms with Crippen LogP contribution >= 0.6 is 0 Å². The predicted molar refractivity (Wildman–Crippen MR) is 96.3 cm³/mol. The molecule has 1 aliphatic heterocycles. The van der Waals surface area contributed by atoms with Gasteiger partial charge in [-0.1, -0.05) is 6.07 Å². The van der Waals surface area contributed by atoms with E-state index in [1.807, 2.05) is 0 Å². The van der Waals surface area contributed by atoms with Gasteiger partial charge < -0.3 is 20.6 Å². The Balaban J connectivity index is 1.73. The standard InChI is InChI=1S/C17H24N4O5/c1-12-5-6-14(15(10-12)21(25)26)18-7-3-8-19-17(24)20-9-2-4-13(11-20)16(22)23/h5-6,10,13,18H,2-4,7-9,11H2,1H3,(H,19,24)(H,22,23). The van der Waals surface area contributed by atoms with Crippen molar-refractivity contribution in [2.45, 2.75) is 26.2 Å². The number of amides is 2. The Morgan fingerprint density at radius 3 is 2.85 bits per heavy atom. The lowest BCUT2D eigenvalue weighted by Gasteiger charge is -2.30. The number of piperidine rings is 1. The van der Waals surface area contributed by atoms with Crippen LogP contribution < -0.4 is 10.6 Å². The van der Waals surface area contributed by atoms with Gasteiger partial charge in [0, 0.05) is 32.2 Å². The first-order valence-electron chi connectivity index (χ1n) is 8.63. The Morgan fingerprint density at radius 2 is 2.15 bits per heavy atom. The third-order valence-corrected chi connectivity index (χ3v) is 4.35. The van der Waals surface area contributed by atoms with Gasteiger partial charge in [-0.2, -0.15) is 0 Å². The molecule has 1 saturated heterocycles. The third-order valence-electron chi connectivity index (χ3n) is 4.35. The highest BCUT2D eigenvalue weighted by molar-refractivity contribution is 5.76. The molecule has 1 atom stereocenters. The van der Waals surface area contributed by atoms with E-state index in [1.54, 1.807) is 19.1 Å². The number of urea groups is 1. The van der Waals surface area contributed by atoms with Crippen LogP contribution in [0.3, 0.4) is 0 Å². The first-order chi connectivity index (χ1) is 12.4. The average Bonchev–Trinajstić information content (AvgIpc) is 2.62. The molecule has 26 heavy (non-hydrogen) atoms. The Kier molecular flexibility index (Phi) is 6.76. The molecule has 2 amide bonds. The SMILES string of the molecule is Cc1ccc(NCCCNC(=O)N2CCCC(C(=O)O)C2)c([N+](=O)[O-])c1. The van der Waals surface area contributed by atoms with Crippen LogP contribution in [-0.2, 0) is 4.79 Å². The molecule has 142 valence electrons. The van der Waals surface area contributed by atoms with Crippen LogP contribution in [0.2, 0.25) is 0 Å². The number of nitro benzene ring substituents is 1. The molecule has 3 N–H and O–H groups in total. The molecule has 9 nitrogen and oxygen atoms in total. The van der Waals surface area contributed by atoms with Gasteiger partial charge >= 0.3 is 12.0 Å². The second-order valence-electron chi connectivity index (χ2n) is 6.41. The summed E-state index contributed by atoms with van der Waals surface area (Å²) < 4.78 is 0. The average molecular weight is 364 g/mol. The Labute approximate surface area is 151 Å². The Bertz CT molecular complexity index is 679. The topological polar surface area (TPSA) is 125 Å². The van der Waals surface area contributed by atoms with E-state index in [1.165, 1.54) is 11.0 Å². The summed E-state index contributed by atoms with van der Waals surface area (Å²) in [6, 6.07) is 4.72. The van der Waals surface area contributed by atoms with Crippen molar-refractivity contribution in [3.8, 4) is 0 Å². The largest absolute Gasteiger partial charge is 0.481 e. The van der Waals surface area contributed by atoms with Gasteiger partial charge in [0.05, 0.1) is 10.8 Å². The van der Waals surface area contributed by atoms with Crippen LogP contribution in [0.15, 0.2) is 18.2 Å². The molecule has 9 heteroatoms. The molecule has 0 spiro atoms. The van der Waals surface area contributed by atoms with Gasteiger partial charge in [0.25, 0.3) is 5.69 Å². The highest BCUT2D eigenvalue weighted by Crippen LogP contribution is 2.25. The lowest BCUT2D eigenvalue weighted by Crippen LogP contribution is -2.47. The van der Waals surface area contributed by atoms with Crippen molar-refractivity contribution in [1.82, 2.24) is 10.2 Å².